The molecule has 1 aromatic carbocycles. The van der Waals surface area contributed by atoms with Crippen molar-refractivity contribution in [1.29, 1.82) is 0 Å². The molecule has 1 aromatic heterocycles. The standard InChI is InChI=1S/C13H17N3O2/c1-18-9-3-7-16-8-6-10-11(13(14)15-17)4-2-5-12(10)16/h2,4-6,8,17H,3,7,9H2,1H3,(H2,14,15). The number of oxime groups is 1. The van der Waals surface area contributed by atoms with Crippen molar-refractivity contribution >= 4 is 16.7 Å². The largest absolute Gasteiger partial charge is 0.409 e. The van der Waals surface area contributed by atoms with Crippen LogP contribution in [0.15, 0.2) is 35.6 Å². The van der Waals surface area contributed by atoms with Crippen LogP contribution in [0.3, 0.4) is 0 Å². The Kier molecular flexibility index (Phi) is 3.84. The normalized spacial score (nSPS) is 12.2. The Balaban J connectivity index is 2.36. The van der Waals surface area contributed by atoms with Gasteiger partial charge in [0, 0.05) is 42.9 Å². The second kappa shape index (κ2) is 5.55. The van der Waals surface area contributed by atoms with Gasteiger partial charge >= 0.3 is 0 Å². The van der Waals surface area contributed by atoms with E-state index in [1.54, 1.807) is 7.11 Å². The molecule has 0 atom stereocenters. The van der Waals surface area contributed by atoms with E-state index < -0.39 is 0 Å². The highest BCUT2D eigenvalue weighted by atomic mass is 16.5. The van der Waals surface area contributed by atoms with Crippen LogP contribution in [-0.2, 0) is 11.3 Å². The first-order valence-electron chi connectivity index (χ1n) is 5.82. The van der Waals surface area contributed by atoms with Gasteiger partial charge in [0.1, 0.15) is 0 Å². The molecule has 0 amide bonds. The van der Waals surface area contributed by atoms with E-state index >= 15 is 0 Å². The maximum absolute atomic E-state index is 8.77. The third kappa shape index (κ3) is 2.31. The Morgan fingerprint density at radius 2 is 2.28 bits per heavy atom. The lowest BCUT2D eigenvalue weighted by Crippen LogP contribution is -2.13. The van der Waals surface area contributed by atoms with Crippen molar-refractivity contribution in [2.75, 3.05) is 13.7 Å². The van der Waals surface area contributed by atoms with E-state index in [9.17, 15) is 0 Å². The van der Waals surface area contributed by atoms with Crippen LogP contribution < -0.4 is 5.73 Å². The number of aryl methyl sites for hydroxylation is 1. The maximum atomic E-state index is 8.77. The number of aromatic nitrogens is 1. The summed E-state index contributed by atoms with van der Waals surface area (Å²) in [6.45, 7) is 1.62. The molecule has 0 saturated carbocycles. The zero-order chi connectivity index (χ0) is 13.0. The summed E-state index contributed by atoms with van der Waals surface area (Å²) >= 11 is 0. The van der Waals surface area contributed by atoms with E-state index in [1.165, 1.54) is 0 Å². The van der Waals surface area contributed by atoms with Gasteiger partial charge in [0.2, 0.25) is 0 Å². The number of nitrogens with two attached hydrogens (primary N) is 1. The van der Waals surface area contributed by atoms with E-state index in [4.69, 9.17) is 15.7 Å². The number of amidine groups is 1. The van der Waals surface area contributed by atoms with Gasteiger partial charge in [0.15, 0.2) is 5.84 Å². The molecule has 0 aliphatic heterocycles. The van der Waals surface area contributed by atoms with Crippen molar-refractivity contribution in [2.24, 2.45) is 10.9 Å². The molecule has 0 aliphatic rings. The summed E-state index contributed by atoms with van der Waals surface area (Å²) < 4.78 is 7.19. The summed E-state index contributed by atoms with van der Waals surface area (Å²) in [5, 5.41) is 12.8. The second-order valence-electron chi connectivity index (χ2n) is 4.08. The highest BCUT2D eigenvalue weighted by molar-refractivity contribution is 6.08. The summed E-state index contributed by atoms with van der Waals surface area (Å²) in [6.07, 6.45) is 2.96. The first kappa shape index (κ1) is 12.4. The number of methoxy groups -OCH3 is 1. The first-order chi connectivity index (χ1) is 8.77. The number of nitrogens with zero attached hydrogens (tertiary/aromatic N) is 2. The van der Waals surface area contributed by atoms with Crippen LogP contribution in [0, 0.1) is 0 Å². The fourth-order valence-electron chi connectivity index (χ4n) is 2.07. The highest BCUT2D eigenvalue weighted by Gasteiger charge is 2.08. The van der Waals surface area contributed by atoms with Gasteiger partial charge in [-0.15, -0.1) is 0 Å². The number of hydrogen-bond acceptors (Lipinski definition) is 3. The number of hydrogen-bond donors (Lipinski definition) is 2. The fraction of sp³-hybridized carbons (Fsp3) is 0.308. The molecule has 18 heavy (non-hydrogen) atoms. The predicted molar refractivity (Wildman–Crippen MR) is 70.9 cm³/mol. The summed E-state index contributed by atoms with van der Waals surface area (Å²) in [5.74, 6) is 0.134. The van der Waals surface area contributed by atoms with Gasteiger partial charge in [0.05, 0.1) is 0 Å². The van der Waals surface area contributed by atoms with Crippen molar-refractivity contribution in [3.63, 3.8) is 0 Å². The Bertz CT molecular complexity index is 560. The zero-order valence-corrected chi connectivity index (χ0v) is 10.3. The van der Waals surface area contributed by atoms with Gasteiger partial charge in [-0.2, -0.15) is 0 Å². The maximum Gasteiger partial charge on any atom is 0.170 e. The molecular weight excluding hydrogens is 230 g/mol. The van der Waals surface area contributed by atoms with Gasteiger partial charge in [0.25, 0.3) is 0 Å². The molecule has 0 spiro atoms. The van der Waals surface area contributed by atoms with E-state index in [1.807, 2.05) is 30.5 Å². The molecule has 5 heteroatoms. The molecule has 0 unspecified atom stereocenters. The highest BCUT2D eigenvalue weighted by Crippen LogP contribution is 2.20. The fourth-order valence-corrected chi connectivity index (χ4v) is 2.07. The van der Waals surface area contributed by atoms with Crippen LogP contribution in [0.1, 0.15) is 12.0 Å². The van der Waals surface area contributed by atoms with Gasteiger partial charge < -0.3 is 20.2 Å². The Labute approximate surface area is 105 Å². The Morgan fingerprint density at radius 3 is 3.00 bits per heavy atom. The molecule has 0 bridgehead atoms. The topological polar surface area (TPSA) is 72.8 Å². The number of ether oxygens (including phenoxy) is 1. The van der Waals surface area contributed by atoms with Crippen molar-refractivity contribution in [3.05, 3.63) is 36.0 Å². The molecule has 0 saturated heterocycles. The molecule has 3 N–H and O–H groups in total. The minimum atomic E-state index is 0.134. The second-order valence-corrected chi connectivity index (χ2v) is 4.08. The third-order valence-corrected chi connectivity index (χ3v) is 2.94. The molecule has 96 valence electrons. The van der Waals surface area contributed by atoms with Crippen molar-refractivity contribution in [3.8, 4) is 0 Å². The minimum absolute atomic E-state index is 0.134. The number of rotatable bonds is 5. The average molecular weight is 247 g/mol. The number of benzene rings is 1. The lowest BCUT2D eigenvalue weighted by atomic mass is 10.1. The Morgan fingerprint density at radius 1 is 1.44 bits per heavy atom. The molecule has 0 aliphatic carbocycles. The van der Waals surface area contributed by atoms with Crippen LogP contribution in [0.5, 0.6) is 0 Å². The summed E-state index contributed by atoms with van der Waals surface area (Å²) in [5.41, 5.74) is 7.49. The van der Waals surface area contributed by atoms with Crippen LogP contribution in [0.2, 0.25) is 0 Å². The Hall–Kier alpha value is -2.01. The SMILES string of the molecule is COCCCn1ccc2c(/C(N)=N/O)cccc21. The molecular formula is C13H17N3O2. The van der Waals surface area contributed by atoms with Crippen molar-refractivity contribution in [2.45, 2.75) is 13.0 Å². The monoisotopic (exact) mass is 247 g/mol. The quantitative estimate of drug-likeness (QED) is 0.278. The zero-order valence-electron chi connectivity index (χ0n) is 10.3. The summed E-state index contributed by atoms with van der Waals surface area (Å²) in [7, 11) is 1.70. The lowest BCUT2D eigenvalue weighted by molar-refractivity contribution is 0.190. The van der Waals surface area contributed by atoms with Gasteiger partial charge in [-0.3, -0.25) is 0 Å². The summed E-state index contributed by atoms with van der Waals surface area (Å²) in [6, 6.07) is 7.76. The van der Waals surface area contributed by atoms with Crippen LogP contribution in [0.25, 0.3) is 10.9 Å². The molecule has 2 rings (SSSR count). The molecule has 0 fully saturated rings. The molecule has 0 radical (unpaired) electrons. The smallest absolute Gasteiger partial charge is 0.170 e. The lowest BCUT2D eigenvalue weighted by Gasteiger charge is -2.06. The minimum Gasteiger partial charge on any atom is -0.409 e. The molecule has 1 heterocycles. The predicted octanol–water partition coefficient (Wildman–Crippen LogP) is 1.77. The van der Waals surface area contributed by atoms with Crippen LogP contribution in [0.4, 0.5) is 0 Å². The van der Waals surface area contributed by atoms with Crippen LogP contribution >= 0.6 is 0 Å². The molecule has 2 aromatic rings. The average Bonchev–Trinajstić information content (AvgIpc) is 2.81. The van der Waals surface area contributed by atoms with E-state index in [0.29, 0.717) is 0 Å². The third-order valence-electron chi connectivity index (χ3n) is 2.94. The van der Waals surface area contributed by atoms with Gasteiger partial charge in [-0.25, -0.2) is 0 Å². The van der Waals surface area contributed by atoms with Gasteiger partial charge in [-0.1, -0.05) is 17.3 Å². The van der Waals surface area contributed by atoms with E-state index in [-0.39, 0.29) is 5.84 Å². The first-order valence-corrected chi connectivity index (χ1v) is 5.82. The van der Waals surface area contributed by atoms with E-state index in [2.05, 4.69) is 9.72 Å². The van der Waals surface area contributed by atoms with E-state index in [0.717, 1.165) is 36.0 Å². The van der Waals surface area contributed by atoms with Crippen molar-refractivity contribution in [1.82, 2.24) is 4.57 Å². The number of fused-ring (bicyclic) bond motifs is 1. The molecule has 5 nitrogen and oxygen atoms in total. The van der Waals surface area contributed by atoms with Gasteiger partial charge in [-0.05, 0) is 18.6 Å². The summed E-state index contributed by atoms with van der Waals surface area (Å²) in [4.78, 5) is 0. The van der Waals surface area contributed by atoms with Crippen molar-refractivity contribution < 1.29 is 9.94 Å². The van der Waals surface area contributed by atoms with Crippen LogP contribution in [-0.4, -0.2) is 29.3 Å².